The number of hydrogen-bond donors (Lipinski definition) is 1. The topological polar surface area (TPSA) is 27.7 Å². The van der Waals surface area contributed by atoms with Crippen molar-refractivity contribution >= 4 is 0 Å². The molecule has 1 aliphatic rings. The Hall–Kier alpha value is -0.160. The molecule has 0 saturated carbocycles. The first kappa shape index (κ1) is 15.9. The van der Waals surface area contributed by atoms with Crippen LogP contribution >= 0.6 is 0 Å². The molecule has 1 unspecified atom stereocenters. The average Bonchev–Trinajstić information content (AvgIpc) is 2.75. The van der Waals surface area contributed by atoms with Crippen LogP contribution in [0.3, 0.4) is 0 Å². The Balaban J connectivity index is 2.00. The Kier molecular flexibility index (Phi) is 8.59. The first-order valence-corrected chi connectivity index (χ1v) is 7.41. The van der Waals surface area contributed by atoms with Gasteiger partial charge in [0.25, 0.3) is 0 Å². The van der Waals surface area contributed by atoms with Gasteiger partial charge in [0, 0.05) is 38.9 Å². The molecule has 4 heteroatoms. The lowest BCUT2D eigenvalue weighted by Crippen LogP contribution is -2.41. The number of likely N-dealkylation sites (tertiary alicyclic amines) is 1. The predicted octanol–water partition coefficient (Wildman–Crippen LogP) is 1.03. The zero-order chi connectivity index (χ0) is 13.2. The highest BCUT2D eigenvalue weighted by Gasteiger charge is 2.23. The Morgan fingerprint density at radius 3 is 2.89 bits per heavy atom. The molecule has 1 saturated heterocycles. The van der Waals surface area contributed by atoms with Crippen LogP contribution in [0.5, 0.6) is 0 Å². The van der Waals surface area contributed by atoms with E-state index in [1.807, 2.05) is 6.92 Å². The highest BCUT2D eigenvalue weighted by Crippen LogP contribution is 2.16. The molecule has 18 heavy (non-hydrogen) atoms. The minimum absolute atomic E-state index is 0.769. The molecule has 0 spiro atoms. The summed E-state index contributed by atoms with van der Waals surface area (Å²) in [5.74, 6) is 0. The van der Waals surface area contributed by atoms with E-state index in [1.165, 1.54) is 32.5 Å². The molecule has 0 bridgehead atoms. The molecule has 1 heterocycles. The SMILES string of the molecule is CCOCCCNCCN1CCCC1CN(C)C. The normalized spacial score (nSPS) is 21.0. The molecule has 108 valence electrons. The number of likely N-dealkylation sites (N-methyl/N-ethyl adjacent to an activating group) is 1. The molecule has 0 radical (unpaired) electrons. The van der Waals surface area contributed by atoms with Gasteiger partial charge >= 0.3 is 0 Å². The zero-order valence-corrected chi connectivity index (χ0v) is 12.5. The summed E-state index contributed by atoms with van der Waals surface area (Å²) in [6.07, 6.45) is 3.85. The van der Waals surface area contributed by atoms with Gasteiger partial charge < -0.3 is 15.0 Å². The van der Waals surface area contributed by atoms with Gasteiger partial charge in [0.15, 0.2) is 0 Å². The van der Waals surface area contributed by atoms with E-state index < -0.39 is 0 Å². The maximum Gasteiger partial charge on any atom is 0.0477 e. The molecular formula is C14H31N3O. The third kappa shape index (κ3) is 6.69. The van der Waals surface area contributed by atoms with Crippen molar-refractivity contribution in [1.29, 1.82) is 0 Å². The van der Waals surface area contributed by atoms with Crippen molar-refractivity contribution < 1.29 is 4.74 Å². The number of rotatable bonds is 10. The minimum atomic E-state index is 0.769. The van der Waals surface area contributed by atoms with Gasteiger partial charge in [0.1, 0.15) is 0 Å². The van der Waals surface area contributed by atoms with E-state index >= 15 is 0 Å². The molecule has 1 N–H and O–H groups in total. The van der Waals surface area contributed by atoms with Gasteiger partial charge in [-0.25, -0.2) is 0 Å². The summed E-state index contributed by atoms with van der Waals surface area (Å²) in [4.78, 5) is 4.94. The van der Waals surface area contributed by atoms with E-state index in [4.69, 9.17) is 4.74 Å². The van der Waals surface area contributed by atoms with E-state index in [0.29, 0.717) is 0 Å². The summed E-state index contributed by atoms with van der Waals surface area (Å²) in [5, 5.41) is 3.51. The van der Waals surface area contributed by atoms with Crippen molar-refractivity contribution in [3.8, 4) is 0 Å². The van der Waals surface area contributed by atoms with E-state index in [9.17, 15) is 0 Å². The van der Waals surface area contributed by atoms with Crippen LogP contribution in [0, 0.1) is 0 Å². The van der Waals surface area contributed by atoms with Gasteiger partial charge in [-0.2, -0.15) is 0 Å². The van der Waals surface area contributed by atoms with Gasteiger partial charge in [-0.15, -0.1) is 0 Å². The minimum Gasteiger partial charge on any atom is -0.382 e. The molecule has 0 aromatic rings. The lowest BCUT2D eigenvalue weighted by atomic mass is 10.2. The molecule has 0 aromatic heterocycles. The van der Waals surface area contributed by atoms with E-state index in [0.717, 1.165) is 38.8 Å². The monoisotopic (exact) mass is 257 g/mol. The highest BCUT2D eigenvalue weighted by molar-refractivity contribution is 4.81. The van der Waals surface area contributed by atoms with Crippen LogP contribution in [0.4, 0.5) is 0 Å². The molecule has 1 rings (SSSR count). The maximum absolute atomic E-state index is 5.32. The summed E-state index contributed by atoms with van der Waals surface area (Å²) in [5.41, 5.74) is 0. The number of nitrogens with one attached hydrogen (secondary N) is 1. The third-order valence-electron chi connectivity index (χ3n) is 3.50. The van der Waals surface area contributed by atoms with Crippen LogP contribution in [-0.2, 0) is 4.74 Å². The Morgan fingerprint density at radius 1 is 1.33 bits per heavy atom. The Bertz CT molecular complexity index is 199. The maximum atomic E-state index is 5.32. The fourth-order valence-corrected chi connectivity index (χ4v) is 2.61. The highest BCUT2D eigenvalue weighted by atomic mass is 16.5. The van der Waals surface area contributed by atoms with Crippen molar-refractivity contribution in [3.05, 3.63) is 0 Å². The van der Waals surface area contributed by atoms with E-state index in [1.54, 1.807) is 0 Å². The zero-order valence-electron chi connectivity index (χ0n) is 12.5. The second kappa shape index (κ2) is 9.73. The lowest BCUT2D eigenvalue weighted by molar-refractivity contribution is 0.144. The fourth-order valence-electron chi connectivity index (χ4n) is 2.61. The van der Waals surface area contributed by atoms with Gasteiger partial charge in [-0.05, 0) is 53.4 Å². The Morgan fingerprint density at radius 2 is 2.17 bits per heavy atom. The lowest BCUT2D eigenvalue weighted by Gasteiger charge is -2.27. The first-order valence-electron chi connectivity index (χ1n) is 7.41. The number of ether oxygens (including phenoxy) is 1. The third-order valence-corrected chi connectivity index (χ3v) is 3.50. The fraction of sp³-hybridized carbons (Fsp3) is 1.00. The largest absolute Gasteiger partial charge is 0.382 e. The van der Waals surface area contributed by atoms with E-state index in [2.05, 4.69) is 29.2 Å². The van der Waals surface area contributed by atoms with Crippen LogP contribution in [-0.4, -0.2) is 75.9 Å². The summed E-state index contributed by atoms with van der Waals surface area (Å²) in [6, 6.07) is 0.769. The smallest absolute Gasteiger partial charge is 0.0477 e. The molecular weight excluding hydrogens is 226 g/mol. The van der Waals surface area contributed by atoms with Crippen molar-refractivity contribution in [1.82, 2.24) is 15.1 Å². The predicted molar refractivity (Wildman–Crippen MR) is 77.1 cm³/mol. The molecule has 0 amide bonds. The number of hydrogen-bond acceptors (Lipinski definition) is 4. The molecule has 1 aliphatic heterocycles. The van der Waals surface area contributed by atoms with Crippen molar-refractivity contribution in [3.63, 3.8) is 0 Å². The number of nitrogens with zero attached hydrogens (tertiary/aromatic N) is 2. The molecule has 1 fully saturated rings. The average molecular weight is 257 g/mol. The van der Waals surface area contributed by atoms with E-state index in [-0.39, 0.29) is 0 Å². The van der Waals surface area contributed by atoms with Crippen LogP contribution in [0.25, 0.3) is 0 Å². The van der Waals surface area contributed by atoms with Gasteiger partial charge in [0.2, 0.25) is 0 Å². The Labute approximate surface area is 113 Å². The second-order valence-corrected chi connectivity index (χ2v) is 5.39. The summed E-state index contributed by atoms with van der Waals surface area (Å²) >= 11 is 0. The molecule has 4 nitrogen and oxygen atoms in total. The standard InChI is InChI=1S/C14H31N3O/c1-4-18-12-6-8-15-9-11-17-10-5-7-14(17)13-16(2)3/h14-15H,4-13H2,1-3H3. The summed E-state index contributed by atoms with van der Waals surface area (Å²) in [6.45, 7) is 9.61. The molecule has 1 atom stereocenters. The van der Waals surface area contributed by atoms with Crippen LogP contribution < -0.4 is 5.32 Å². The first-order chi connectivity index (χ1) is 8.74. The quantitative estimate of drug-likeness (QED) is 0.592. The molecule has 0 aliphatic carbocycles. The van der Waals surface area contributed by atoms with Gasteiger partial charge in [0.05, 0.1) is 0 Å². The van der Waals surface area contributed by atoms with Crippen molar-refractivity contribution in [2.75, 3.05) is 60.0 Å². The van der Waals surface area contributed by atoms with Crippen LogP contribution in [0.1, 0.15) is 26.2 Å². The van der Waals surface area contributed by atoms with Gasteiger partial charge in [-0.3, -0.25) is 4.90 Å². The van der Waals surface area contributed by atoms with Crippen LogP contribution in [0.2, 0.25) is 0 Å². The molecule has 0 aromatic carbocycles. The summed E-state index contributed by atoms with van der Waals surface area (Å²) < 4.78 is 5.32. The van der Waals surface area contributed by atoms with Crippen molar-refractivity contribution in [2.24, 2.45) is 0 Å². The summed E-state index contributed by atoms with van der Waals surface area (Å²) in [7, 11) is 4.34. The second-order valence-electron chi connectivity index (χ2n) is 5.39. The van der Waals surface area contributed by atoms with Gasteiger partial charge in [-0.1, -0.05) is 0 Å². The van der Waals surface area contributed by atoms with Crippen LogP contribution in [0.15, 0.2) is 0 Å². The van der Waals surface area contributed by atoms with Crippen molar-refractivity contribution in [2.45, 2.75) is 32.2 Å².